The van der Waals surface area contributed by atoms with Gasteiger partial charge in [-0.3, -0.25) is 0 Å². The Kier molecular flexibility index (Phi) is 4.87. The summed E-state index contributed by atoms with van der Waals surface area (Å²) in [6, 6.07) is 0. The van der Waals surface area contributed by atoms with Gasteiger partial charge in [0.2, 0.25) is 0 Å². The summed E-state index contributed by atoms with van der Waals surface area (Å²) >= 11 is 0. The van der Waals surface area contributed by atoms with Gasteiger partial charge in [0.25, 0.3) is 0 Å². The van der Waals surface area contributed by atoms with Crippen molar-refractivity contribution in [3.8, 4) is 0 Å². The topological polar surface area (TPSA) is 90.4 Å². The quantitative estimate of drug-likeness (QED) is 0.541. The van der Waals surface area contributed by atoms with Crippen LogP contribution in [0, 0.1) is 16.0 Å². The molecular formula is C9H15N3O4. The van der Waals surface area contributed by atoms with Gasteiger partial charge >= 0.3 is 5.95 Å². The Bertz CT molecular complexity index is 333. The number of imidazole rings is 1. The van der Waals surface area contributed by atoms with Crippen LogP contribution in [-0.4, -0.2) is 39.9 Å². The Hall–Kier alpha value is -1.47. The summed E-state index contributed by atoms with van der Waals surface area (Å²) in [5.41, 5.74) is 0. The van der Waals surface area contributed by atoms with Crippen LogP contribution in [0.25, 0.3) is 0 Å². The first-order valence-corrected chi connectivity index (χ1v) is 4.94. The van der Waals surface area contributed by atoms with E-state index in [1.165, 1.54) is 10.8 Å². The van der Waals surface area contributed by atoms with Crippen molar-refractivity contribution in [3.63, 3.8) is 0 Å². The van der Waals surface area contributed by atoms with Crippen molar-refractivity contribution in [1.29, 1.82) is 0 Å². The summed E-state index contributed by atoms with van der Waals surface area (Å²) in [5, 5.41) is 19.5. The molecule has 1 aromatic heterocycles. The van der Waals surface area contributed by atoms with Gasteiger partial charge in [-0.1, -0.05) is 4.98 Å². The van der Waals surface area contributed by atoms with E-state index in [0.29, 0.717) is 19.6 Å². The van der Waals surface area contributed by atoms with Crippen LogP contribution in [0.3, 0.4) is 0 Å². The molecule has 0 aliphatic carbocycles. The third-order valence-corrected chi connectivity index (χ3v) is 2.25. The molecule has 16 heavy (non-hydrogen) atoms. The lowest BCUT2D eigenvalue weighted by atomic mass is 10.1. The van der Waals surface area contributed by atoms with Gasteiger partial charge in [0.05, 0.1) is 13.2 Å². The van der Waals surface area contributed by atoms with E-state index in [9.17, 15) is 10.1 Å². The summed E-state index contributed by atoms with van der Waals surface area (Å²) in [6.07, 6.45) is 3.49. The van der Waals surface area contributed by atoms with Crippen molar-refractivity contribution < 1.29 is 14.8 Å². The minimum absolute atomic E-state index is 0.0382. The predicted molar refractivity (Wildman–Crippen MR) is 56.0 cm³/mol. The number of hydrogen-bond donors (Lipinski definition) is 1. The highest BCUT2D eigenvalue weighted by Gasteiger charge is 2.18. The van der Waals surface area contributed by atoms with Gasteiger partial charge in [0.15, 0.2) is 0 Å². The van der Waals surface area contributed by atoms with Crippen molar-refractivity contribution in [2.45, 2.75) is 13.0 Å². The van der Waals surface area contributed by atoms with Crippen molar-refractivity contribution in [2.24, 2.45) is 5.92 Å². The molecule has 1 N–H and O–H groups in total. The summed E-state index contributed by atoms with van der Waals surface area (Å²) in [5.74, 6) is -0.137. The largest absolute Gasteiger partial charge is 0.434 e. The molecule has 0 aromatic carbocycles. The molecule has 7 heteroatoms. The van der Waals surface area contributed by atoms with Crippen LogP contribution < -0.4 is 0 Å². The fraction of sp³-hybridized carbons (Fsp3) is 0.667. The van der Waals surface area contributed by atoms with Gasteiger partial charge < -0.3 is 20.0 Å². The lowest BCUT2D eigenvalue weighted by Gasteiger charge is -2.13. The third-order valence-electron chi connectivity index (χ3n) is 2.25. The van der Waals surface area contributed by atoms with Crippen LogP contribution in [0.5, 0.6) is 0 Å². The highest BCUT2D eigenvalue weighted by Crippen LogP contribution is 2.13. The number of aliphatic hydroxyl groups is 1. The molecule has 0 spiro atoms. The molecule has 0 bridgehead atoms. The minimum atomic E-state index is -0.525. The third kappa shape index (κ3) is 3.28. The number of hydrogen-bond acceptors (Lipinski definition) is 5. The van der Waals surface area contributed by atoms with E-state index >= 15 is 0 Å². The average molecular weight is 229 g/mol. The SMILES string of the molecule is COCC(CCO)Cn1ccnc1[N+](=O)[O-]. The van der Waals surface area contributed by atoms with Crippen molar-refractivity contribution in [3.05, 3.63) is 22.5 Å². The number of aromatic nitrogens is 2. The Labute approximate surface area is 92.8 Å². The normalized spacial score (nSPS) is 12.6. The van der Waals surface area contributed by atoms with Crippen LogP contribution in [0.1, 0.15) is 6.42 Å². The van der Waals surface area contributed by atoms with Crippen LogP contribution in [0.15, 0.2) is 12.4 Å². The zero-order valence-corrected chi connectivity index (χ0v) is 9.07. The van der Waals surface area contributed by atoms with Gasteiger partial charge in [-0.2, -0.15) is 0 Å². The molecule has 1 rings (SSSR count). The molecule has 0 saturated heterocycles. The number of ether oxygens (including phenoxy) is 1. The Morgan fingerprint density at radius 2 is 2.50 bits per heavy atom. The molecule has 0 amide bonds. The van der Waals surface area contributed by atoms with Crippen molar-refractivity contribution in [1.82, 2.24) is 9.55 Å². The first kappa shape index (κ1) is 12.6. The first-order chi connectivity index (χ1) is 7.69. The maximum atomic E-state index is 10.6. The van der Waals surface area contributed by atoms with E-state index in [0.717, 1.165) is 0 Å². The van der Waals surface area contributed by atoms with Crippen molar-refractivity contribution in [2.75, 3.05) is 20.3 Å². The molecule has 0 aliphatic rings. The average Bonchev–Trinajstić information content (AvgIpc) is 2.66. The number of nitrogens with zero attached hydrogens (tertiary/aromatic N) is 3. The van der Waals surface area contributed by atoms with Gasteiger partial charge in [0, 0.05) is 19.6 Å². The molecule has 0 radical (unpaired) electrons. The predicted octanol–water partition coefficient (Wildman–Crippen LogP) is 0.436. The van der Waals surface area contributed by atoms with Crippen LogP contribution in [0.4, 0.5) is 5.95 Å². The van der Waals surface area contributed by atoms with E-state index in [2.05, 4.69) is 4.98 Å². The smallest absolute Gasteiger partial charge is 0.396 e. The van der Waals surface area contributed by atoms with Gasteiger partial charge in [-0.05, 0) is 11.3 Å². The molecule has 90 valence electrons. The maximum Gasteiger partial charge on any atom is 0.434 e. The van der Waals surface area contributed by atoms with Crippen LogP contribution in [-0.2, 0) is 11.3 Å². The summed E-state index contributed by atoms with van der Waals surface area (Å²) < 4.78 is 6.45. The van der Waals surface area contributed by atoms with E-state index in [1.54, 1.807) is 13.3 Å². The fourth-order valence-corrected chi connectivity index (χ4v) is 1.54. The zero-order chi connectivity index (χ0) is 12.0. The number of aliphatic hydroxyl groups excluding tert-OH is 1. The molecule has 7 nitrogen and oxygen atoms in total. The second kappa shape index (κ2) is 6.19. The molecule has 1 aromatic rings. The lowest BCUT2D eigenvalue weighted by Crippen LogP contribution is -2.18. The van der Waals surface area contributed by atoms with Gasteiger partial charge in [0.1, 0.15) is 12.4 Å². The van der Waals surface area contributed by atoms with E-state index < -0.39 is 4.92 Å². The number of methoxy groups -OCH3 is 1. The summed E-state index contributed by atoms with van der Waals surface area (Å²) in [4.78, 5) is 13.7. The Balaban J connectivity index is 2.68. The minimum Gasteiger partial charge on any atom is -0.396 e. The van der Waals surface area contributed by atoms with E-state index in [-0.39, 0.29) is 18.5 Å². The standard InChI is InChI=1S/C9H15N3O4/c1-16-7-8(2-5-13)6-11-4-3-10-9(11)12(14)15/h3-4,8,13H,2,5-7H2,1H3. The van der Waals surface area contributed by atoms with Crippen LogP contribution >= 0.6 is 0 Å². The molecule has 0 fully saturated rings. The van der Waals surface area contributed by atoms with E-state index in [1.807, 2.05) is 0 Å². The second-order valence-corrected chi connectivity index (χ2v) is 3.47. The molecule has 0 saturated carbocycles. The highest BCUT2D eigenvalue weighted by molar-refractivity contribution is 5.06. The fourth-order valence-electron chi connectivity index (χ4n) is 1.54. The van der Waals surface area contributed by atoms with Crippen LogP contribution in [0.2, 0.25) is 0 Å². The van der Waals surface area contributed by atoms with Gasteiger partial charge in [-0.25, -0.2) is 4.57 Å². The zero-order valence-electron chi connectivity index (χ0n) is 9.07. The number of nitro groups is 1. The Morgan fingerprint density at radius 1 is 1.75 bits per heavy atom. The monoisotopic (exact) mass is 229 g/mol. The first-order valence-electron chi connectivity index (χ1n) is 4.94. The van der Waals surface area contributed by atoms with Crippen molar-refractivity contribution >= 4 is 5.95 Å². The molecule has 0 aliphatic heterocycles. The van der Waals surface area contributed by atoms with E-state index in [4.69, 9.17) is 9.84 Å². The second-order valence-electron chi connectivity index (χ2n) is 3.47. The van der Waals surface area contributed by atoms with Gasteiger partial charge in [-0.15, -0.1) is 0 Å². The number of rotatable bonds is 7. The molecule has 1 unspecified atom stereocenters. The molecule has 1 heterocycles. The Morgan fingerprint density at radius 3 is 3.06 bits per heavy atom. The highest BCUT2D eigenvalue weighted by atomic mass is 16.6. The summed E-state index contributed by atoms with van der Waals surface area (Å²) in [7, 11) is 1.56. The molecule has 1 atom stereocenters. The molecular weight excluding hydrogens is 214 g/mol. The summed E-state index contributed by atoms with van der Waals surface area (Å²) in [6.45, 7) is 0.914. The lowest BCUT2D eigenvalue weighted by molar-refractivity contribution is -0.396. The maximum absolute atomic E-state index is 10.6.